The zero-order valence-electron chi connectivity index (χ0n) is 17.1. The number of carbonyl (C=O) groups excluding carboxylic acids is 2. The molecular formula is C24H29N3O2. The summed E-state index contributed by atoms with van der Waals surface area (Å²) >= 11 is 0. The number of hydrogen-bond acceptors (Lipinski definition) is 3. The zero-order valence-corrected chi connectivity index (χ0v) is 17.1. The zero-order chi connectivity index (χ0) is 20.2. The number of aryl methyl sites for hydroxylation is 3. The van der Waals surface area contributed by atoms with Crippen molar-refractivity contribution in [2.75, 3.05) is 18.4 Å². The molecule has 29 heavy (non-hydrogen) atoms. The van der Waals surface area contributed by atoms with Crippen LogP contribution in [-0.2, 0) is 28.9 Å². The van der Waals surface area contributed by atoms with Crippen LogP contribution in [0.25, 0.3) is 0 Å². The van der Waals surface area contributed by atoms with E-state index in [0.29, 0.717) is 38.2 Å². The van der Waals surface area contributed by atoms with Crippen molar-refractivity contribution in [2.24, 2.45) is 5.92 Å². The lowest BCUT2D eigenvalue weighted by Crippen LogP contribution is -2.42. The standard InChI is InChI=1S/C24H29N3O2/c1-17-5-4-12-25-23(17)26-24(29)20-10-13-27(14-11-20)22(28)16-18-8-9-19-6-2-3-7-21(19)15-18/h4-5,8-9,12,15,20H,2-3,6-7,10-11,13-14,16H2,1H3,(H,25,26,29). The highest BCUT2D eigenvalue weighted by atomic mass is 16.2. The number of carbonyl (C=O) groups is 2. The second-order valence-electron chi connectivity index (χ2n) is 8.30. The van der Waals surface area contributed by atoms with E-state index in [2.05, 4.69) is 28.5 Å². The molecule has 2 aromatic rings. The summed E-state index contributed by atoms with van der Waals surface area (Å²) in [6.07, 6.45) is 8.36. The maximum Gasteiger partial charge on any atom is 0.228 e. The lowest BCUT2D eigenvalue weighted by molar-refractivity contribution is -0.133. The molecule has 1 aliphatic heterocycles. The molecule has 152 valence electrons. The van der Waals surface area contributed by atoms with Gasteiger partial charge in [-0.1, -0.05) is 24.3 Å². The molecule has 0 atom stereocenters. The Kier molecular flexibility index (Phi) is 5.93. The minimum Gasteiger partial charge on any atom is -0.342 e. The summed E-state index contributed by atoms with van der Waals surface area (Å²) in [5.74, 6) is 0.737. The fourth-order valence-corrected chi connectivity index (χ4v) is 4.41. The molecule has 1 saturated heterocycles. The molecule has 0 radical (unpaired) electrons. The van der Waals surface area contributed by atoms with Crippen LogP contribution in [0.15, 0.2) is 36.5 Å². The van der Waals surface area contributed by atoms with E-state index >= 15 is 0 Å². The maximum atomic E-state index is 12.8. The van der Waals surface area contributed by atoms with Crippen LogP contribution in [0.5, 0.6) is 0 Å². The van der Waals surface area contributed by atoms with Gasteiger partial charge in [0.2, 0.25) is 11.8 Å². The fourth-order valence-electron chi connectivity index (χ4n) is 4.41. The van der Waals surface area contributed by atoms with Gasteiger partial charge in [0, 0.05) is 25.2 Å². The number of amides is 2. The number of anilines is 1. The number of fused-ring (bicyclic) bond motifs is 1. The number of benzene rings is 1. The molecule has 1 aromatic heterocycles. The highest BCUT2D eigenvalue weighted by Gasteiger charge is 2.27. The minimum absolute atomic E-state index is 0.00795. The summed E-state index contributed by atoms with van der Waals surface area (Å²) in [6, 6.07) is 10.3. The molecule has 2 amide bonds. The van der Waals surface area contributed by atoms with Crippen LogP contribution in [0, 0.1) is 12.8 Å². The third kappa shape index (κ3) is 4.66. The van der Waals surface area contributed by atoms with E-state index in [0.717, 1.165) is 24.0 Å². The Morgan fingerprint density at radius 1 is 1.10 bits per heavy atom. The number of piperidine rings is 1. The quantitative estimate of drug-likeness (QED) is 0.865. The van der Waals surface area contributed by atoms with E-state index in [1.807, 2.05) is 24.0 Å². The van der Waals surface area contributed by atoms with Crippen LogP contribution in [0.4, 0.5) is 5.82 Å². The predicted octanol–water partition coefficient (Wildman–Crippen LogP) is 3.69. The van der Waals surface area contributed by atoms with Gasteiger partial charge in [-0.05, 0) is 73.8 Å². The SMILES string of the molecule is Cc1cccnc1NC(=O)C1CCN(C(=O)Cc2ccc3c(c2)CCCC3)CC1. The van der Waals surface area contributed by atoms with Crippen LogP contribution < -0.4 is 5.32 Å². The van der Waals surface area contributed by atoms with Gasteiger partial charge in [0.05, 0.1) is 6.42 Å². The molecule has 1 N–H and O–H groups in total. The molecular weight excluding hydrogens is 362 g/mol. The van der Waals surface area contributed by atoms with E-state index in [-0.39, 0.29) is 17.7 Å². The summed E-state index contributed by atoms with van der Waals surface area (Å²) in [4.78, 5) is 31.5. The normalized spacial score (nSPS) is 16.9. The summed E-state index contributed by atoms with van der Waals surface area (Å²) in [5.41, 5.74) is 4.93. The lowest BCUT2D eigenvalue weighted by atomic mass is 9.89. The van der Waals surface area contributed by atoms with Gasteiger partial charge >= 0.3 is 0 Å². The summed E-state index contributed by atoms with van der Waals surface area (Å²) in [7, 11) is 0. The van der Waals surface area contributed by atoms with Crippen molar-refractivity contribution in [3.63, 3.8) is 0 Å². The highest BCUT2D eigenvalue weighted by molar-refractivity contribution is 5.92. The van der Waals surface area contributed by atoms with E-state index < -0.39 is 0 Å². The van der Waals surface area contributed by atoms with Gasteiger partial charge < -0.3 is 10.2 Å². The summed E-state index contributed by atoms with van der Waals surface area (Å²) in [6.45, 7) is 3.22. The van der Waals surface area contributed by atoms with Crippen LogP contribution >= 0.6 is 0 Å². The lowest BCUT2D eigenvalue weighted by Gasteiger charge is -2.31. The number of nitrogens with zero attached hydrogens (tertiary/aromatic N) is 2. The molecule has 2 heterocycles. The molecule has 2 aliphatic rings. The number of aromatic nitrogens is 1. The van der Waals surface area contributed by atoms with Crippen molar-refractivity contribution in [3.8, 4) is 0 Å². The van der Waals surface area contributed by atoms with E-state index in [1.54, 1.807) is 6.20 Å². The third-order valence-corrected chi connectivity index (χ3v) is 6.24. The second-order valence-corrected chi connectivity index (χ2v) is 8.30. The Labute approximate surface area is 172 Å². The average Bonchev–Trinajstić information content (AvgIpc) is 2.75. The van der Waals surface area contributed by atoms with Crippen molar-refractivity contribution >= 4 is 17.6 Å². The van der Waals surface area contributed by atoms with Gasteiger partial charge in [0.1, 0.15) is 5.82 Å². The highest BCUT2D eigenvalue weighted by Crippen LogP contribution is 2.24. The number of likely N-dealkylation sites (tertiary alicyclic amines) is 1. The molecule has 0 spiro atoms. The van der Waals surface area contributed by atoms with Crippen molar-refractivity contribution in [3.05, 3.63) is 58.8 Å². The van der Waals surface area contributed by atoms with Crippen molar-refractivity contribution in [2.45, 2.75) is 51.9 Å². The topological polar surface area (TPSA) is 62.3 Å². The molecule has 5 heteroatoms. The molecule has 1 fully saturated rings. The van der Waals surface area contributed by atoms with Gasteiger partial charge in [0.25, 0.3) is 0 Å². The summed E-state index contributed by atoms with van der Waals surface area (Å²) in [5, 5.41) is 2.94. The summed E-state index contributed by atoms with van der Waals surface area (Å²) < 4.78 is 0. The largest absolute Gasteiger partial charge is 0.342 e. The van der Waals surface area contributed by atoms with Crippen LogP contribution in [0.2, 0.25) is 0 Å². The smallest absolute Gasteiger partial charge is 0.228 e. The van der Waals surface area contributed by atoms with Gasteiger partial charge in [-0.3, -0.25) is 9.59 Å². The Morgan fingerprint density at radius 2 is 1.86 bits per heavy atom. The van der Waals surface area contributed by atoms with Crippen molar-refractivity contribution in [1.29, 1.82) is 0 Å². The van der Waals surface area contributed by atoms with E-state index in [1.165, 1.54) is 24.0 Å². The number of nitrogens with one attached hydrogen (secondary N) is 1. The Hall–Kier alpha value is -2.69. The van der Waals surface area contributed by atoms with Crippen LogP contribution in [0.1, 0.15) is 47.9 Å². The van der Waals surface area contributed by atoms with Gasteiger partial charge in [-0.25, -0.2) is 4.98 Å². The van der Waals surface area contributed by atoms with Gasteiger partial charge in [0.15, 0.2) is 0 Å². The molecule has 1 aromatic carbocycles. The van der Waals surface area contributed by atoms with Crippen LogP contribution in [0.3, 0.4) is 0 Å². The fraction of sp³-hybridized carbons (Fsp3) is 0.458. The van der Waals surface area contributed by atoms with Crippen molar-refractivity contribution in [1.82, 2.24) is 9.88 Å². The maximum absolute atomic E-state index is 12.8. The number of pyridine rings is 1. The van der Waals surface area contributed by atoms with Crippen LogP contribution in [-0.4, -0.2) is 34.8 Å². The third-order valence-electron chi connectivity index (χ3n) is 6.24. The molecule has 0 saturated carbocycles. The molecule has 5 nitrogen and oxygen atoms in total. The van der Waals surface area contributed by atoms with Gasteiger partial charge in [-0.2, -0.15) is 0 Å². The first kappa shape index (κ1) is 19.6. The monoisotopic (exact) mass is 391 g/mol. The van der Waals surface area contributed by atoms with E-state index in [4.69, 9.17) is 0 Å². The first-order valence-corrected chi connectivity index (χ1v) is 10.7. The number of rotatable bonds is 4. The minimum atomic E-state index is -0.0656. The first-order valence-electron chi connectivity index (χ1n) is 10.7. The van der Waals surface area contributed by atoms with E-state index in [9.17, 15) is 9.59 Å². The second kappa shape index (κ2) is 8.76. The average molecular weight is 392 g/mol. The molecule has 0 bridgehead atoms. The van der Waals surface area contributed by atoms with Crippen molar-refractivity contribution < 1.29 is 9.59 Å². The Balaban J connectivity index is 1.29. The molecule has 1 aliphatic carbocycles. The Bertz CT molecular complexity index is 901. The Morgan fingerprint density at radius 3 is 2.62 bits per heavy atom. The molecule has 4 rings (SSSR count). The first-order chi connectivity index (χ1) is 14.1. The predicted molar refractivity (Wildman–Crippen MR) is 114 cm³/mol. The molecule has 0 unspecified atom stereocenters. The number of hydrogen-bond donors (Lipinski definition) is 1. The van der Waals surface area contributed by atoms with Gasteiger partial charge in [-0.15, -0.1) is 0 Å².